The summed E-state index contributed by atoms with van der Waals surface area (Å²) in [7, 11) is 1.94. The zero-order valence-electron chi connectivity index (χ0n) is 13.3. The summed E-state index contributed by atoms with van der Waals surface area (Å²) >= 11 is 0. The number of anilines is 1. The van der Waals surface area contributed by atoms with E-state index in [4.69, 9.17) is 0 Å². The molecule has 1 atom stereocenters. The Labute approximate surface area is 126 Å². The zero-order valence-corrected chi connectivity index (χ0v) is 13.3. The molecule has 0 aliphatic carbocycles. The average molecular weight is 287 g/mol. The van der Waals surface area contributed by atoms with Gasteiger partial charge in [-0.15, -0.1) is 0 Å². The fourth-order valence-corrected chi connectivity index (χ4v) is 3.24. The van der Waals surface area contributed by atoms with Gasteiger partial charge >= 0.3 is 0 Å². The standard InChI is InChI=1S/C16H25N5/c1-4-21-8-5-6-13(7-9-21)18-14-10-15-12(2)19-20(3)16(15)17-11-14/h10-11,13,18H,4-9H2,1-3H3. The van der Waals surface area contributed by atoms with Gasteiger partial charge in [-0.05, 0) is 45.3 Å². The van der Waals surface area contributed by atoms with E-state index in [2.05, 4.69) is 33.3 Å². The van der Waals surface area contributed by atoms with Crippen molar-refractivity contribution in [2.24, 2.45) is 7.05 Å². The molecule has 2 aromatic rings. The summed E-state index contributed by atoms with van der Waals surface area (Å²) in [6.07, 6.45) is 5.65. The topological polar surface area (TPSA) is 46.0 Å². The van der Waals surface area contributed by atoms with E-state index in [-0.39, 0.29) is 0 Å². The molecule has 2 aromatic heterocycles. The summed E-state index contributed by atoms with van der Waals surface area (Å²) in [5.74, 6) is 0. The maximum atomic E-state index is 4.55. The summed E-state index contributed by atoms with van der Waals surface area (Å²) in [6, 6.07) is 2.74. The number of hydrogen-bond donors (Lipinski definition) is 1. The van der Waals surface area contributed by atoms with E-state index in [0.717, 1.165) is 29.0 Å². The van der Waals surface area contributed by atoms with E-state index in [1.807, 2.05) is 24.9 Å². The molecule has 1 aliphatic heterocycles. The molecule has 1 aliphatic rings. The van der Waals surface area contributed by atoms with Gasteiger partial charge in [0.15, 0.2) is 5.65 Å². The summed E-state index contributed by atoms with van der Waals surface area (Å²) < 4.78 is 1.85. The summed E-state index contributed by atoms with van der Waals surface area (Å²) in [5, 5.41) is 9.25. The normalized spacial score (nSPS) is 20.6. The molecular formula is C16H25N5. The molecule has 1 fully saturated rings. The van der Waals surface area contributed by atoms with Crippen molar-refractivity contribution in [1.29, 1.82) is 0 Å². The van der Waals surface area contributed by atoms with Gasteiger partial charge in [-0.2, -0.15) is 5.10 Å². The minimum absolute atomic E-state index is 0.553. The lowest BCUT2D eigenvalue weighted by Gasteiger charge is -2.19. The largest absolute Gasteiger partial charge is 0.381 e. The number of pyridine rings is 1. The molecule has 1 N–H and O–H groups in total. The van der Waals surface area contributed by atoms with Crippen LogP contribution in [0.25, 0.3) is 11.0 Å². The van der Waals surface area contributed by atoms with Crippen LogP contribution in [0.15, 0.2) is 12.3 Å². The summed E-state index contributed by atoms with van der Waals surface area (Å²) in [6.45, 7) is 7.87. The van der Waals surface area contributed by atoms with Crippen LogP contribution in [0.5, 0.6) is 0 Å². The van der Waals surface area contributed by atoms with Crippen molar-refractivity contribution in [3.8, 4) is 0 Å². The lowest BCUT2D eigenvalue weighted by atomic mass is 10.1. The van der Waals surface area contributed by atoms with Gasteiger partial charge in [-0.25, -0.2) is 4.98 Å². The van der Waals surface area contributed by atoms with E-state index in [1.54, 1.807) is 0 Å². The number of nitrogens with one attached hydrogen (secondary N) is 1. The lowest BCUT2D eigenvalue weighted by molar-refractivity contribution is 0.300. The van der Waals surface area contributed by atoms with Crippen LogP contribution < -0.4 is 5.32 Å². The Morgan fingerprint density at radius 1 is 1.33 bits per heavy atom. The highest BCUT2D eigenvalue weighted by atomic mass is 15.3. The monoisotopic (exact) mass is 287 g/mol. The number of rotatable bonds is 3. The van der Waals surface area contributed by atoms with Gasteiger partial charge in [0.2, 0.25) is 0 Å². The van der Waals surface area contributed by atoms with Crippen molar-refractivity contribution in [1.82, 2.24) is 19.7 Å². The first kappa shape index (κ1) is 14.3. The van der Waals surface area contributed by atoms with Crippen LogP contribution >= 0.6 is 0 Å². The first-order chi connectivity index (χ1) is 10.2. The van der Waals surface area contributed by atoms with Gasteiger partial charge in [-0.1, -0.05) is 6.92 Å². The van der Waals surface area contributed by atoms with Crippen molar-refractivity contribution in [2.75, 3.05) is 25.0 Å². The van der Waals surface area contributed by atoms with Gasteiger partial charge < -0.3 is 10.2 Å². The molecule has 0 amide bonds. The van der Waals surface area contributed by atoms with E-state index >= 15 is 0 Å². The Hall–Kier alpha value is -1.62. The minimum atomic E-state index is 0.553. The average Bonchev–Trinajstić information content (AvgIpc) is 2.66. The molecular weight excluding hydrogens is 262 g/mol. The molecule has 0 spiro atoms. The first-order valence-corrected chi connectivity index (χ1v) is 7.95. The van der Waals surface area contributed by atoms with Crippen LogP contribution in [-0.4, -0.2) is 45.3 Å². The molecule has 3 heterocycles. The Morgan fingerprint density at radius 3 is 3.00 bits per heavy atom. The lowest BCUT2D eigenvalue weighted by Crippen LogP contribution is -2.26. The molecule has 5 nitrogen and oxygen atoms in total. The second-order valence-electron chi connectivity index (χ2n) is 6.01. The highest BCUT2D eigenvalue weighted by Gasteiger charge is 2.16. The maximum absolute atomic E-state index is 4.55. The molecule has 0 saturated carbocycles. The zero-order chi connectivity index (χ0) is 14.8. The van der Waals surface area contributed by atoms with Gasteiger partial charge in [-0.3, -0.25) is 4.68 Å². The number of nitrogens with zero attached hydrogens (tertiary/aromatic N) is 4. The highest BCUT2D eigenvalue weighted by Crippen LogP contribution is 2.22. The second-order valence-corrected chi connectivity index (χ2v) is 6.01. The number of likely N-dealkylation sites (tertiary alicyclic amines) is 1. The fraction of sp³-hybridized carbons (Fsp3) is 0.625. The Bertz CT molecular complexity index is 618. The van der Waals surface area contributed by atoms with Crippen LogP contribution in [0, 0.1) is 6.92 Å². The van der Waals surface area contributed by atoms with E-state index < -0.39 is 0 Å². The van der Waals surface area contributed by atoms with Crippen molar-refractivity contribution < 1.29 is 0 Å². The van der Waals surface area contributed by atoms with Gasteiger partial charge in [0.25, 0.3) is 0 Å². The Balaban J connectivity index is 1.74. The Kier molecular flexibility index (Phi) is 4.10. The summed E-state index contributed by atoms with van der Waals surface area (Å²) in [4.78, 5) is 7.09. The SMILES string of the molecule is CCN1CCCC(Nc2cnc3c(c2)c(C)nn3C)CC1. The molecule has 0 radical (unpaired) electrons. The van der Waals surface area contributed by atoms with Crippen LogP contribution in [0.3, 0.4) is 0 Å². The van der Waals surface area contributed by atoms with Crippen molar-refractivity contribution >= 4 is 16.7 Å². The number of fused-ring (bicyclic) bond motifs is 1. The third-order valence-electron chi connectivity index (χ3n) is 4.50. The Morgan fingerprint density at radius 2 is 2.19 bits per heavy atom. The molecule has 21 heavy (non-hydrogen) atoms. The molecule has 1 unspecified atom stereocenters. The number of aryl methyl sites for hydroxylation is 2. The number of aromatic nitrogens is 3. The summed E-state index contributed by atoms with van der Waals surface area (Å²) in [5.41, 5.74) is 3.12. The molecule has 114 valence electrons. The van der Waals surface area contributed by atoms with E-state index in [0.29, 0.717) is 6.04 Å². The molecule has 3 rings (SSSR count). The van der Waals surface area contributed by atoms with Crippen LogP contribution in [-0.2, 0) is 7.05 Å². The van der Waals surface area contributed by atoms with Crippen LogP contribution in [0.2, 0.25) is 0 Å². The van der Waals surface area contributed by atoms with Gasteiger partial charge in [0.1, 0.15) is 0 Å². The van der Waals surface area contributed by atoms with E-state index in [1.165, 1.54) is 32.4 Å². The quantitative estimate of drug-likeness (QED) is 0.942. The van der Waals surface area contributed by atoms with E-state index in [9.17, 15) is 0 Å². The first-order valence-electron chi connectivity index (χ1n) is 7.95. The minimum Gasteiger partial charge on any atom is -0.381 e. The molecule has 1 saturated heterocycles. The molecule has 5 heteroatoms. The van der Waals surface area contributed by atoms with Crippen molar-refractivity contribution in [3.63, 3.8) is 0 Å². The number of hydrogen-bond acceptors (Lipinski definition) is 4. The predicted octanol–water partition coefficient (Wildman–Crippen LogP) is 2.56. The van der Waals surface area contributed by atoms with Gasteiger partial charge in [0.05, 0.1) is 17.6 Å². The molecule has 0 bridgehead atoms. The third kappa shape index (κ3) is 3.02. The maximum Gasteiger partial charge on any atom is 0.157 e. The molecule has 0 aromatic carbocycles. The third-order valence-corrected chi connectivity index (χ3v) is 4.50. The highest BCUT2D eigenvalue weighted by molar-refractivity contribution is 5.81. The van der Waals surface area contributed by atoms with Gasteiger partial charge in [0, 0.05) is 25.0 Å². The predicted molar refractivity (Wildman–Crippen MR) is 86.6 cm³/mol. The second kappa shape index (κ2) is 6.02. The smallest absolute Gasteiger partial charge is 0.157 e. The van der Waals surface area contributed by atoms with Crippen molar-refractivity contribution in [3.05, 3.63) is 18.0 Å². The van der Waals surface area contributed by atoms with Crippen LogP contribution in [0.1, 0.15) is 31.9 Å². The van der Waals surface area contributed by atoms with Crippen LogP contribution in [0.4, 0.5) is 5.69 Å². The van der Waals surface area contributed by atoms with Crippen molar-refractivity contribution in [2.45, 2.75) is 39.2 Å². The fourth-order valence-electron chi connectivity index (χ4n) is 3.24.